The summed E-state index contributed by atoms with van der Waals surface area (Å²) >= 11 is 6.69. The highest BCUT2D eigenvalue weighted by Crippen LogP contribution is 2.37. The normalized spacial score (nSPS) is 19.9. The second-order valence-electron chi connectivity index (χ2n) is 2.82. The van der Waals surface area contributed by atoms with Gasteiger partial charge in [0.1, 0.15) is 6.04 Å². The molecule has 1 heterocycles. The van der Waals surface area contributed by atoms with Crippen molar-refractivity contribution in [1.29, 1.82) is 0 Å². The number of benzene rings is 1. The third kappa shape index (κ3) is 1.41. The Kier molecular flexibility index (Phi) is 2.17. The molecule has 0 bridgehead atoms. The Bertz CT molecular complexity index is 392. The van der Waals surface area contributed by atoms with E-state index in [1.165, 1.54) is 0 Å². The quantitative estimate of drug-likeness (QED) is 0.772. The summed E-state index contributed by atoms with van der Waals surface area (Å²) in [5, 5.41) is 2.71. The van der Waals surface area contributed by atoms with Crippen molar-refractivity contribution in [2.24, 2.45) is 5.73 Å². The molecule has 68 valence electrons. The lowest BCUT2D eigenvalue weighted by Crippen LogP contribution is -2.19. The molecular weight excluding hydrogens is 300 g/mol. The maximum atomic E-state index is 11.2. The molecule has 0 fully saturated rings. The summed E-state index contributed by atoms with van der Waals surface area (Å²) in [6.07, 6.45) is 0. The van der Waals surface area contributed by atoms with E-state index in [-0.39, 0.29) is 5.91 Å². The smallest absolute Gasteiger partial charge is 0.246 e. The zero-order chi connectivity index (χ0) is 9.59. The van der Waals surface area contributed by atoms with Crippen LogP contribution in [-0.4, -0.2) is 5.91 Å². The largest absolute Gasteiger partial charge is 0.323 e. The Balaban J connectivity index is 2.63. The first kappa shape index (κ1) is 9.18. The Hall–Kier alpha value is -0.390. The maximum Gasteiger partial charge on any atom is 0.246 e. The van der Waals surface area contributed by atoms with Crippen LogP contribution in [0.5, 0.6) is 0 Å². The molecule has 0 aliphatic carbocycles. The van der Waals surface area contributed by atoms with E-state index in [1.807, 2.05) is 12.1 Å². The molecule has 0 radical (unpaired) electrons. The molecular formula is C8H6Br2N2O. The van der Waals surface area contributed by atoms with Crippen molar-refractivity contribution in [2.75, 3.05) is 5.32 Å². The van der Waals surface area contributed by atoms with Crippen LogP contribution in [0, 0.1) is 0 Å². The first-order valence-electron chi connectivity index (χ1n) is 3.65. The van der Waals surface area contributed by atoms with Gasteiger partial charge in [-0.1, -0.05) is 15.9 Å². The molecule has 0 aromatic heterocycles. The van der Waals surface area contributed by atoms with Gasteiger partial charge in [0.15, 0.2) is 0 Å². The van der Waals surface area contributed by atoms with Crippen LogP contribution in [0.2, 0.25) is 0 Å². The van der Waals surface area contributed by atoms with E-state index >= 15 is 0 Å². The van der Waals surface area contributed by atoms with Crippen molar-refractivity contribution >= 4 is 43.5 Å². The molecule has 0 spiro atoms. The van der Waals surface area contributed by atoms with E-state index in [4.69, 9.17) is 5.73 Å². The molecule has 1 aliphatic rings. The van der Waals surface area contributed by atoms with Gasteiger partial charge in [0.2, 0.25) is 5.91 Å². The summed E-state index contributed by atoms with van der Waals surface area (Å²) in [6.45, 7) is 0. The van der Waals surface area contributed by atoms with E-state index in [9.17, 15) is 4.79 Å². The fraction of sp³-hybridized carbons (Fsp3) is 0.125. The molecule has 13 heavy (non-hydrogen) atoms. The van der Waals surface area contributed by atoms with Gasteiger partial charge in [0, 0.05) is 14.5 Å². The van der Waals surface area contributed by atoms with Gasteiger partial charge in [0.05, 0.1) is 5.69 Å². The zero-order valence-corrected chi connectivity index (χ0v) is 9.65. The van der Waals surface area contributed by atoms with Crippen LogP contribution in [0.1, 0.15) is 11.6 Å². The highest BCUT2D eigenvalue weighted by atomic mass is 79.9. The number of anilines is 1. The molecule has 3 N–H and O–H groups in total. The maximum absolute atomic E-state index is 11.2. The fourth-order valence-electron chi connectivity index (χ4n) is 1.31. The summed E-state index contributed by atoms with van der Waals surface area (Å²) in [5.41, 5.74) is 7.28. The molecule has 1 aromatic rings. The van der Waals surface area contributed by atoms with Crippen molar-refractivity contribution in [3.05, 3.63) is 26.6 Å². The minimum absolute atomic E-state index is 0.159. The molecule has 1 aliphatic heterocycles. The van der Waals surface area contributed by atoms with E-state index in [2.05, 4.69) is 37.2 Å². The molecule has 5 heteroatoms. The second-order valence-corrected chi connectivity index (χ2v) is 4.59. The molecule has 3 nitrogen and oxygen atoms in total. The number of amides is 1. The van der Waals surface area contributed by atoms with Gasteiger partial charge in [0.25, 0.3) is 0 Å². The van der Waals surface area contributed by atoms with Crippen molar-refractivity contribution in [1.82, 2.24) is 0 Å². The predicted octanol–water partition coefficient (Wildman–Crippen LogP) is 2.16. The number of hydrogen-bond donors (Lipinski definition) is 2. The number of halogens is 2. The summed E-state index contributed by atoms with van der Waals surface area (Å²) in [5.74, 6) is -0.159. The number of nitrogens with one attached hydrogen (secondary N) is 1. The van der Waals surface area contributed by atoms with Crippen LogP contribution in [0.15, 0.2) is 21.1 Å². The van der Waals surface area contributed by atoms with Crippen LogP contribution in [0.3, 0.4) is 0 Å². The van der Waals surface area contributed by atoms with Gasteiger partial charge in [-0.2, -0.15) is 0 Å². The molecule has 1 unspecified atom stereocenters. The lowest BCUT2D eigenvalue weighted by atomic mass is 10.1. The Morgan fingerprint density at radius 2 is 2.08 bits per heavy atom. The molecule has 0 saturated heterocycles. The summed E-state index contributed by atoms with van der Waals surface area (Å²) in [7, 11) is 0. The monoisotopic (exact) mass is 304 g/mol. The number of nitrogens with two attached hydrogens (primary N) is 1. The Labute approximate surface area is 91.9 Å². The van der Waals surface area contributed by atoms with Gasteiger partial charge in [-0.05, 0) is 28.1 Å². The standard InChI is InChI=1S/C8H6Br2N2O/c9-3-1-4-6(11)8(13)12-7(4)5(10)2-3/h1-2,6H,11H2,(H,12,13). The Morgan fingerprint density at radius 3 is 2.77 bits per heavy atom. The predicted molar refractivity (Wildman–Crippen MR) is 57.4 cm³/mol. The number of fused-ring (bicyclic) bond motifs is 1. The lowest BCUT2D eigenvalue weighted by molar-refractivity contribution is -0.116. The van der Waals surface area contributed by atoms with Crippen molar-refractivity contribution in [2.45, 2.75) is 6.04 Å². The molecule has 1 aromatic carbocycles. The van der Waals surface area contributed by atoms with Crippen LogP contribution >= 0.6 is 31.9 Å². The molecule has 2 rings (SSSR count). The first-order valence-corrected chi connectivity index (χ1v) is 5.23. The van der Waals surface area contributed by atoms with Gasteiger partial charge in [-0.25, -0.2) is 0 Å². The van der Waals surface area contributed by atoms with Gasteiger partial charge < -0.3 is 11.1 Å². The number of carbonyl (C=O) groups excluding carboxylic acids is 1. The van der Waals surface area contributed by atoms with E-state index < -0.39 is 6.04 Å². The van der Waals surface area contributed by atoms with Gasteiger partial charge in [-0.15, -0.1) is 0 Å². The summed E-state index contributed by atoms with van der Waals surface area (Å²) in [4.78, 5) is 11.2. The summed E-state index contributed by atoms with van der Waals surface area (Å²) in [6, 6.07) is 3.17. The average Bonchev–Trinajstić information content (AvgIpc) is 2.32. The minimum atomic E-state index is -0.552. The topological polar surface area (TPSA) is 55.1 Å². The first-order chi connectivity index (χ1) is 6.09. The fourth-order valence-corrected chi connectivity index (χ4v) is 2.67. The lowest BCUT2D eigenvalue weighted by Gasteiger charge is -2.03. The number of carbonyl (C=O) groups is 1. The third-order valence-corrected chi connectivity index (χ3v) is 3.03. The van der Waals surface area contributed by atoms with Crippen molar-refractivity contribution < 1.29 is 4.79 Å². The highest BCUT2D eigenvalue weighted by molar-refractivity contribution is 9.11. The van der Waals surface area contributed by atoms with Crippen LogP contribution in [0.4, 0.5) is 5.69 Å². The molecule has 1 atom stereocenters. The van der Waals surface area contributed by atoms with E-state index in [0.29, 0.717) is 0 Å². The van der Waals surface area contributed by atoms with Gasteiger partial charge in [-0.3, -0.25) is 4.79 Å². The van der Waals surface area contributed by atoms with Crippen molar-refractivity contribution in [3.8, 4) is 0 Å². The van der Waals surface area contributed by atoms with Crippen LogP contribution in [-0.2, 0) is 4.79 Å². The minimum Gasteiger partial charge on any atom is -0.323 e. The van der Waals surface area contributed by atoms with Crippen LogP contribution in [0.25, 0.3) is 0 Å². The summed E-state index contributed by atoms with van der Waals surface area (Å²) < 4.78 is 1.75. The SMILES string of the molecule is NC1C(=O)Nc2c(Br)cc(Br)cc21. The third-order valence-electron chi connectivity index (χ3n) is 1.95. The van der Waals surface area contributed by atoms with E-state index in [0.717, 1.165) is 20.2 Å². The number of rotatable bonds is 0. The highest BCUT2D eigenvalue weighted by Gasteiger charge is 2.28. The molecule has 1 amide bonds. The Morgan fingerprint density at radius 1 is 1.38 bits per heavy atom. The second kappa shape index (κ2) is 3.08. The number of hydrogen-bond acceptors (Lipinski definition) is 2. The van der Waals surface area contributed by atoms with Gasteiger partial charge >= 0.3 is 0 Å². The molecule has 0 saturated carbocycles. The van der Waals surface area contributed by atoms with E-state index in [1.54, 1.807) is 0 Å². The van der Waals surface area contributed by atoms with Crippen LogP contribution < -0.4 is 11.1 Å². The van der Waals surface area contributed by atoms with Crippen molar-refractivity contribution in [3.63, 3.8) is 0 Å². The zero-order valence-electron chi connectivity index (χ0n) is 6.47. The average molecular weight is 306 g/mol.